The number of aromatic nitrogens is 1. The van der Waals surface area contributed by atoms with Crippen molar-refractivity contribution in [3.05, 3.63) is 40.7 Å². The van der Waals surface area contributed by atoms with Gasteiger partial charge in [-0.1, -0.05) is 19.1 Å². The molecular weight excluding hydrogens is 247 g/mol. The highest BCUT2D eigenvalue weighted by Crippen LogP contribution is 2.30. The molecule has 0 saturated carbocycles. The molecule has 2 N–H and O–H groups in total. The van der Waals surface area contributed by atoms with Gasteiger partial charge in [-0.3, -0.25) is 0 Å². The van der Waals surface area contributed by atoms with Gasteiger partial charge in [-0.2, -0.15) is 0 Å². The van der Waals surface area contributed by atoms with Gasteiger partial charge in [0, 0.05) is 10.4 Å². The minimum absolute atomic E-state index is 0.218. The number of benzene rings is 1. The molecule has 0 spiro atoms. The summed E-state index contributed by atoms with van der Waals surface area (Å²) in [5.74, 6) is 0.210. The lowest BCUT2D eigenvalue weighted by atomic mass is 10.1. The molecule has 1 aromatic carbocycles. The Morgan fingerprint density at radius 2 is 2.11 bits per heavy atom. The lowest BCUT2D eigenvalue weighted by Crippen LogP contribution is -2.12. The number of nitrogens with zero attached hydrogens (tertiary/aromatic N) is 1. The molecule has 0 aliphatic rings. The second-order valence-electron chi connectivity index (χ2n) is 4.55. The van der Waals surface area contributed by atoms with Crippen molar-refractivity contribution in [3.8, 4) is 10.6 Å². The summed E-state index contributed by atoms with van der Waals surface area (Å²) >= 11 is 1.56. The minimum Gasteiger partial charge on any atom is -0.330 e. The summed E-state index contributed by atoms with van der Waals surface area (Å²) < 4.78 is 13.7. The highest BCUT2D eigenvalue weighted by atomic mass is 32.1. The number of hydrogen-bond acceptors (Lipinski definition) is 3. The Bertz CT molecular complexity index is 536. The standard InChI is InChI=1S/C14H17FN2S/c1-9(8-16)7-13-10(2)17-14(18-13)11-5-3-4-6-12(11)15/h3-6,9H,7-8,16H2,1-2H3. The highest BCUT2D eigenvalue weighted by Gasteiger charge is 2.13. The van der Waals surface area contributed by atoms with Crippen molar-refractivity contribution in [3.63, 3.8) is 0 Å². The van der Waals surface area contributed by atoms with E-state index in [-0.39, 0.29) is 5.82 Å². The van der Waals surface area contributed by atoms with Crippen molar-refractivity contribution in [1.29, 1.82) is 0 Å². The molecule has 0 aliphatic carbocycles. The molecule has 2 nitrogen and oxygen atoms in total. The fourth-order valence-electron chi connectivity index (χ4n) is 1.77. The molecule has 0 bridgehead atoms. The molecule has 2 rings (SSSR count). The monoisotopic (exact) mass is 264 g/mol. The predicted molar refractivity (Wildman–Crippen MR) is 74.2 cm³/mol. The fourth-order valence-corrected chi connectivity index (χ4v) is 3.02. The first kappa shape index (κ1) is 13.2. The van der Waals surface area contributed by atoms with Crippen molar-refractivity contribution in [2.24, 2.45) is 11.7 Å². The molecule has 96 valence electrons. The lowest BCUT2D eigenvalue weighted by Gasteiger charge is -2.05. The number of halogens is 1. The maximum atomic E-state index is 13.7. The maximum Gasteiger partial charge on any atom is 0.133 e. The predicted octanol–water partition coefficient (Wildman–Crippen LogP) is 3.39. The van der Waals surface area contributed by atoms with Crippen LogP contribution in [0.2, 0.25) is 0 Å². The molecule has 1 atom stereocenters. The summed E-state index contributed by atoms with van der Waals surface area (Å²) in [5.41, 5.74) is 7.20. The van der Waals surface area contributed by atoms with E-state index in [9.17, 15) is 4.39 Å². The van der Waals surface area contributed by atoms with E-state index >= 15 is 0 Å². The van der Waals surface area contributed by atoms with Crippen LogP contribution < -0.4 is 5.73 Å². The normalized spacial score (nSPS) is 12.7. The third kappa shape index (κ3) is 2.76. The van der Waals surface area contributed by atoms with Gasteiger partial charge in [0.25, 0.3) is 0 Å². The molecule has 0 saturated heterocycles. The van der Waals surface area contributed by atoms with Crippen LogP contribution in [-0.4, -0.2) is 11.5 Å². The summed E-state index contributed by atoms with van der Waals surface area (Å²) in [6.45, 7) is 4.74. The van der Waals surface area contributed by atoms with E-state index in [0.717, 1.165) is 17.1 Å². The van der Waals surface area contributed by atoms with Crippen LogP contribution in [0.15, 0.2) is 24.3 Å². The van der Waals surface area contributed by atoms with Crippen LogP contribution in [0, 0.1) is 18.7 Å². The fraction of sp³-hybridized carbons (Fsp3) is 0.357. The third-order valence-electron chi connectivity index (χ3n) is 2.93. The van der Waals surface area contributed by atoms with Gasteiger partial charge in [-0.15, -0.1) is 11.3 Å². The number of nitrogens with two attached hydrogens (primary N) is 1. The SMILES string of the molecule is Cc1nc(-c2ccccc2F)sc1CC(C)CN. The molecule has 0 amide bonds. The summed E-state index contributed by atoms with van der Waals surface area (Å²) in [5, 5.41) is 0.754. The molecule has 1 aromatic heterocycles. The zero-order valence-electron chi connectivity index (χ0n) is 10.6. The lowest BCUT2D eigenvalue weighted by molar-refractivity contribution is 0.596. The first-order chi connectivity index (χ1) is 8.61. The smallest absolute Gasteiger partial charge is 0.133 e. The van der Waals surface area contributed by atoms with Crippen LogP contribution in [0.3, 0.4) is 0 Å². The van der Waals surface area contributed by atoms with Gasteiger partial charge in [0.1, 0.15) is 10.8 Å². The van der Waals surface area contributed by atoms with Gasteiger partial charge in [-0.25, -0.2) is 9.37 Å². The van der Waals surface area contributed by atoms with Gasteiger partial charge < -0.3 is 5.73 Å². The van der Waals surface area contributed by atoms with Crippen molar-refractivity contribution >= 4 is 11.3 Å². The quantitative estimate of drug-likeness (QED) is 0.919. The second kappa shape index (κ2) is 5.59. The zero-order chi connectivity index (χ0) is 13.1. The van der Waals surface area contributed by atoms with E-state index in [4.69, 9.17) is 5.73 Å². The molecule has 18 heavy (non-hydrogen) atoms. The van der Waals surface area contributed by atoms with Crippen molar-refractivity contribution < 1.29 is 4.39 Å². The second-order valence-corrected chi connectivity index (χ2v) is 5.64. The molecule has 1 heterocycles. The van der Waals surface area contributed by atoms with Gasteiger partial charge >= 0.3 is 0 Å². The number of thiazole rings is 1. The molecular formula is C14H17FN2S. The average Bonchev–Trinajstić information content (AvgIpc) is 2.71. The van der Waals surface area contributed by atoms with Gasteiger partial charge in [0.05, 0.1) is 5.69 Å². The maximum absolute atomic E-state index is 13.7. The summed E-state index contributed by atoms with van der Waals surface area (Å²) in [7, 11) is 0. The van der Waals surface area contributed by atoms with Crippen molar-refractivity contribution in [2.45, 2.75) is 20.3 Å². The van der Waals surface area contributed by atoms with Gasteiger partial charge in [0.15, 0.2) is 0 Å². The van der Waals surface area contributed by atoms with Crippen LogP contribution in [-0.2, 0) is 6.42 Å². The summed E-state index contributed by atoms with van der Waals surface area (Å²) in [6.07, 6.45) is 0.911. The largest absolute Gasteiger partial charge is 0.330 e. The van der Waals surface area contributed by atoms with Crippen LogP contribution in [0.1, 0.15) is 17.5 Å². The highest BCUT2D eigenvalue weighted by molar-refractivity contribution is 7.15. The third-order valence-corrected chi connectivity index (χ3v) is 4.15. The van der Waals surface area contributed by atoms with Crippen LogP contribution in [0.4, 0.5) is 4.39 Å². The Hall–Kier alpha value is -1.26. The number of hydrogen-bond donors (Lipinski definition) is 1. The minimum atomic E-state index is -0.218. The van der Waals surface area contributed by atoms with E-state index in [0.29, 0.717) is 18.0 Å². The van der Waals surface area contributed by atoms with Gasteiger partial charge in [-0.05, 0) is 37.9 Å². The van der Waals surface area contributed by atoms with E-state index in [2.05, 4.69) is 11.9 Å². The van der Waals surface area contributed by atoms with Crippen LogP contribution in [0.5, 0.6) is 0 Å². The molecule has 1 unspecified atom stereocenters. The first-order valence-electron chi connectivity index (χ1n) is 6.03. The Balaban J connectivity index is 2.32. The van der Waals surface area contributed by atoms with E-state index in [1.807, 2.05) is 13.0 Å². The van der Waals surface area contributed by atoms with E-state index in [1.54, 1.807) is 23.5 Å². The Morgan fingerprint density at radius 1 is 1.39 bits per heavy atom. The topological polar surface area (TPSA) is 38.9 Å². The molecule has 0 radical (unpaired) electrons. The molecule has 0 aliphatic heterocycles. The van der Waals surface area contributed by atoms with Crippen LogP contribution >= 0.6 is 11.3 Å². The Labute approximate surface area is 111 Å². The molecule has 4 heteroatoms. The Kier molecular flexibility index (Phi) is 4.09. The van der Waals surface area contributed by atoms with E-state index < -0.39 is 0 Å². The van der Waals surface area contributed by atoms with Crippen molar-refractivity contribution in [2.75, 3.05) is 6.54 Å². The summed E-state index contributed by atoms with van der Waals surface area (Å²) in [6, 6.07) is 6.76. The van der Waals surface area contributed by atoms with Crippen molar-refractivity contribution in [1.82, 2.24) is 4.98 Å². The molecule has 0 fully saturated rings. The summed E-state index contributed by atoms with van der Waals surface area (Å²) in [4.78, 5) is 5.67. The van der Waals surface area contributed by atoms with Gasteiger partial charge in [0.2, 0.25) is 0 Å². The van der Waals surface area contributed by atoms with Crippen LogP contribution in [0.25, 0.3) is 10.6 Å². The number of aryl methyl sites for hydroxylation is 1. The zero-order valence-corrected chi connectivity index (χ0v) is 11.4. The number of rotatable bonds is 4. The average molecular weight is 264 g/mol. The van der Waals surface area contributed by atoms with E-state index in [1.165, 1.54) is 10.9 Å². The first-order valence-corrected chi connectivity index (χ1v) is 6.84. The molecule has 2 aromatic rings. The Morgan fingerprint density at radius 3 is 2.78 bits per heavy atom.